The summed E-state index contributed by atoms with van der Waals surface area (Å²) in [6.45, 7) is 9.72. The molecule has 0 amide bonds. The summed E-state index contributed by atoms with van der Waals surface area (Å²) in [5, 5.41) is 3.22. The summed E-state index contributed by atoms with van der Waals surface area (Å²) >= 11 is 2.51. The van der Waals surface area contributed by atoms with Crippen LogP contribution in [0.15, 0.2) is 36.1 Å². The molecule has 1 nitrogen and oxygen atoms in total. The molecule has 1 rings (SSSR count). The molecule has 2 heteroatoms. The molecular weight excluding hydrogens is 173 g/mol. The van der Waals surface area contributed by atoms with Gasteiger partial charge >= 0.3 is 76.1 Å². The summed E-state index contributed by atoms with van der Waals surface area (Å²) < 4.78 is 1.20. The SMILES string of the molecule is C=C(C)/C=C1/N[C](=[V])CC1=C. The number of allylic oxidation sites excluding steroid dienone is 3. The van der Waals surface area contributed by atoms with Gasteiger partial charge in [-0.15, -0.1) is 0 Å². The Labute approximate surface area is 76.4 Å². The Morgan fingerprint density at radius 3 is 2.73 bits per heavy atom. The van der Waals surface area contributed by atoms with Gasteiger partial charge in [-0.2, -0.15) is 0 Å². The van der Waals surface area contributed by atoms with Crippen molar-refractivity contribution < 1.29 is 17.0 Å². The molecule has 0 aliphatic carbocycles. The van der Waals surface area contributed by atoms with E-state index in [2.05, 4.69) is 35.5 Å². The van der Waals surface area contributed by atoms with Gasteiger partial charge in [-0.25, -0.2) is 0 Å². The van der Waals surface area contributed by atoms with Crippen LogP contribution >= 0.6 is 0 Å². The molecule has 0 bridgehead atoms. The molecule has 0 spiro atoms. The second kappa shape index (κ2) is 3.25. The molecule has 0 aromatic heterocycles. The van der Waals surface area contributed by atoms with Crippen LogP contribution in [-0.2, 0) is 17.0 Å². The zero-order valence-corrected chi connectivity index (χ0v) is 8.04. The van der Waals surface area contributed by atoms with E-state index in [0.29, 0.717) is 0 Å². The molecule has 0 atom stereocenters. The Balaban J connectivity index is 2.83. The third kappa shape index (κ3) is 2.21. The number of hydrogen-bond donors (Lipinski definition) is 1. The monoisotopic (exact) mass is 184 g/mol. The average Bonchev–Trinajstić information content (AvgIpc) is 2.09. The second-order valence-electron chi connectivity index (χ2n) is 2.76. The second-order valence-corrected chi connectivity index (χ2v) is 3.60. The van der Waals surface area contributed by atoms with Crippen molar-refractivity contribution in [1.82, 2.24) is 5.32 Å². The van der Waals surface area contributed by atoms with Crippen LogP contribution in [0.4, 0.5) is 0 Å². The first-order valence-corrected chi connectivity index (χ1v) is 4.16. The fourth-order valence-corrected chi connectivity index (χ4v) is 1.46. The van der Waals surface area contributed by atoms with Gasteiger partial charge in [-0.3, -0.25) is 0 Å². The van der Waals surface area contributed by atoms with E-state index >= 15 is 0 Å². The zero-order valence-electron chi connectivity index (χ0n) is 6.65. The third-order valence-electron chi connectivity index (χ3n) is 1.43. The van der Waals surface area contributed by atoms with Crippen LogP contribution in [0, 0.1) is 0 Å². The van der Waals surface area contributed by atoms with E-state index in [1.54, 1.807) is 0 Å². The number of nitrogens with one attached hydrogen (secondary N) is 1. The molecule has 0 aromatic rings. The molecular formula is C9H11NV. The molecule has 0 saturated carbocycles. The van der Waals surface area contributed by atoms with Gasteiger partial charge in [0.2, 0.25) is 0 Å². The molecule has 1 fully saturated rings. The van der Waals surface area contributed by atoms with Crippen molar-refractivity contribution >= 4 is 4.35 Å². The van der Waals surface area contributed by atoms with Gasteiger partial charge in [0.25, 0.3) is 0 Å². The fraction of sp³-hybridized carbons (Fsp3) is 0.222. The van der Waals surface area contributed by atoms with Crippen LogP contribution in [0.25, 0.3) is 0 Å². The maximum absolute atomic E-state index is 3.94. The van der Waals surface area contributed by atoms with Crippen LogP contribution in [-0.4, -0.2) is 4.35 Å². The standard InChI is InChI=1S/C9H11N.V/c1-7(2)6-9-8(3)4-5-10-9;/h6,10H,1,3-4H2,2H3;/b9-6+;. The van der Waals surface area contributed by atoms with E-state index in [1.807, 2.05) is 13.0 Å². The molecule has 57 valence electrons. The molecule has 1 aliphatic rings. The van der Waals surface area contributed by atoms with Gasteiger partial charge < -0.3 is 0 Å². The van der Waals surface area contributed by atoms with E-state index < -0.39 is 0 Å². The Morgan fingerprint density at radius 1 is 1.73 bits per heavy atom. The normalized spacial score (nSPS) is 20.5. The van der Waals surface area contributed by atoms with Crippen molar-refractivity contribution in [3.05, 3.63) is 36.1 Å². The number of hydrogen-bond acceptors (Lipinski definition) is 1. The van der Waals surface area contributed by atoms with Gasteiger partial charge in [-0.1, -0.05) is 0 Å². The summed E-state index contributed by atoms with van der Waals surface area (Å²) in [5.41, 5.74) is 3.30. The van der Waals surface area contributed by atoms with Gasteiger partial charge in [0.15, 0.2) is 0 Å². The third-order valence-corrected chi connectivity index (χ3v) is 1.85. The van der Waals surface area contributed by atoms with E-state index in [1.165, 1.54) is 4.35 Å². The van der Waals surface area contributed by atoms with E-state index in [-0.39, 0.29) is 0 Å². The topological polar surface area (TPSA) is 12.0 Å². The van der Waals surface area contributed by atoms with E-state index in [9.17, 15) is 0 Å². The van der Waals surface area contributed by atoms with E-state index in [0.717, 1.165) is 23.3 Å². The van der Waals surface area contributed by atoms with Crippen LogP contribution in [0.5, 0.6) is 0 Å². The predicted molar refractivity (Wildman–Crippen MR) is 44.8 cm³/mol. The summed E-state index contributed by atoms with van der Waals surface area (Å²) in [6.07, 6.45) is 2.96. The molecule has 0 radical (unpaired) electrons. The van der Waals surface area contributed by atoms with Crippen LogP contribution in [0.2, 0.25) is 0 Å². The average molecular weight is 184 g/mol. The van der Waals surface area contributed by atoms with Crippen molar-refractivity contribution in [2.45, 2.75) is 13.3 Å². The molecule has 11 heavy (non-hydrogen) atoms. The quantitative estimate of drug-likeness (QED) is 0.653. The summed E-state index contributed by atoms with van der Waals surface area (Å²) in [7, 11) is 0. The molecule has 0 aromatic carbocycles. The van der Waals surface area contributed by atoms with E-state index in [4.69, 9.17) is 0 Å². The van der Waals surface area contributed by atoms with Crippen molar-refractivity contribution in [2.75, 3.05) is 0 Å². The van der Waals surface area contributed by atoms with Crippen molar-refractivity contribution in [2.24, 2.45) is 0 Å². The Hall–Kier alpha value is -0.526. The minimum absolute atomic E-state index is 0.944. The molecule has 0 unspecified atom stereocenters. The molecule has 1 aliphatic heterocycles. The van der Waals surface area contributed by atoms with Crippen molar-refractivity contribution in [3.8, 4) is 0 Å². The van der Waals surface area contributed by atoms with Crippen molar-refractivity contribution in [1.29, 1.82) is 0 Å². The Bertz CT molecular complexity index is 261. The van der Waals surface area contributed by atoms with Gasteiger partial charge in [0, 0.05) is 0 Å². The molecule has 1 N–H and O–H groups in total. The van der Waals surface area contributed by atoms with Crippen LogP contribution in [0.3, 0.4) is 0 Å². The van der Waals surface area contributed by atoms with Gasteiger partial charge in [-0.05, 0) is 0 Å². The molecule has 1 saturated heterocycles. The number of rotatable bonds is 1. The summed E-state index contributed by atoms with van der Waals surface area (Å²) in [4.78, 5) is 0. The van der Waals surface area contributed by atoms with Crippen molar-refractivity contribution in [3.63, 3.8) is 0 Å². The maximum atomic E-state index is 3.94. The Kier molecular flexibility index (Phi) is 2.53. The minimum atomic E-state index is 0.944. The molecule has 1 heterocycles. The van der Waals surface area contributed by atoms with Crippen LogP contribution in [0.1, 0.15) is 13.3 Å². The fourth-order valence-electron chi connectivity index (χ4n) is 0.970. The zero-order chi connectivity index (χ0) is 8.43. The summed E-state index contributed by atoms with van der Waals surface area (Å²) in [5.74, 6) is 0. The first-order chi connectivity index (χ1) is 5.09. The van der Waals surface area contributed by atoms with Crippen LogP contribution < -0.4 is 5.32 Å². The van der Waals surface area contributed by atoms with Gasteiger partial charge in [0.1, 0.15) is 0 Å². The summed E-state index contributed by atoms with van der Waals surface area (Å²) in [6, 6.07) is 0. The first-order valence-electron chi connectivity index (χ1n) is 3.47. The van der Waals surface area contributed by atoms with Gasteiger partial charge in [0.05, 0.1) is 0 Å². The predicted octanol–water partition coefficient (Wildman–Crippen LogP) is 1.67. The first kappa shape index (κ1) is 8.57. The Morgan fingerprint density at radius 2 is 2.36 bits per heavy atom.